The Morgan fingerprint density at radius 1 is 1.22 bits per heavy atom. The standard InChI is InChI=1S/C13H11NO4/c15-8-9-4-1-2-6-11(9)18-12-10(13(16)17)5-3-7-14-12/h1-7,15H,8H2,(H,16,17). The maximum atomic E-state index is 11.0. The molecule has 1 aromatic heterocycles. The van der Waals surface area contributed by atoms with Crippen molar-refractivity contribution in [3.05, 3.63) is 53.7 Å². The highest BCUT2D eigenvalue weighted by Crippen LogP contribution is 2.26. The molecule has 0 radical (unpaired) electrons. The number of aromatic carboxylic acids is 1. The minimum absolute atomic E-state index is 0.00546. The molecule has 0 aliphatic heterocycles. The highest BCUT2D eigenvalue weighted by molar-refractivity contribution is 5.90. The van der Waals surface area contributed by atoms with Crippen LogP contribution in [0.4, 0.5) is 0 Å². The first-order chi connectivity index (χ1) is 8.72. The number of aliphatic hydroxyl groups excluding tert-OH is 1. The number of nitrogens with zero attached hydrogens (tertiary/aromatic N) is 1. The molecular formula is C13H11NO4. The van der Waals surface area contributed by atoms with Crippen molar-refractivity contribution in [1.29, 1.82) is 0 Å². The molecule has 1 heterocycles. The van der Waals surface area contributed by atoms with Crippen LogP contribution in [0.3, 0.4) is 0 Å². The molecular weight excluding hydrogens is 234 g/mol. The molecule has 0 saturated heterocycles. The van der Waals surface area contributed by atoms with Crippen molar-refractivity contribution < 1.29 is 19.7 Å². The summed E-state index contributed by atoms with van der Waals surface area (Å²) in [7, 11) is 0. The molecule has 1 aromatic carbocycles. The third kappa shape index (κ3) is 2.46. The predicted octanol–water partition coefficient (Wildman–Crippen LogP) is 2.06. The van der Waals surface area contributed by atoms with Gasteiger partial charge in [-0.3, -0.25) is 0 Å². The summed E-state index contributed by atoms with van der Waals surface area (Å²) in [6.07, 6.45) is 1.45. The van der Waals surface area contributed by atoms with E-state index in [0.29, 0.717) is 11.3 Å². The van der Waals surface area contributed by atoms with Gasteiger partial charge in [-0.05, 0) is 18.2 Å². The summed E-state index contributed by atoms with van der Waals surface area (Å²) in [5.74, 6) is -0.716. The third-order valence-corrected chi connectivity index (χ3v) is 2.35. The fourth-order valence-corrected chi connectivity index (χ4v) is 1.47. The molecule has 0 saturated carbocycles. The molecule has 0 aliphatic carbocycles. The lowest BCUT2D eigenvalue weighted by Crippen LogP contribution is -2.02. The van der Waals surface area contributed by atoms with Crippen LogP contribution in [0.2, 0.25) is 0 Å². The van der Waals surface area contributed by atoms with E-state index in [2.05, 4.69) is 4.98 Å². The Morgan fingerprint density at radius 3 is 2.72 bits per heavy atom. The van der Waals surface area contributed by atoms with Gasteiger partial charge in [0.25, 0.3) is 0 Å². The SMILES string of the molecule is O=C(O)c1cccnc1Oc1ccccc1CO. The lowest BCUT2D eigenvalue weighted by molar-refractivity contribution is 0.0693. The fourth-order valence-electron chi connectivity index (χ4n) is 1.47. The summed E-state index contributed by atoms with van der Waals surface area (Å²) in [4.78, 5) is 14.9. The van der Waals surface area contributed by atoms with Crippen LogP contribution in [0, 0.1) is 0 Å². The topological polar surface area (TPSA) is 79.7 Å². The van der Waals surface area contributed by atoms with Crippen molar-refractivity contribution in [2.24, 2.45) is 0 Å². The minimum Gasteiger partial charge on any atom is -0.477 e. The summed E-state index contributed by atoms with van der Waals surface area (Å²) < 4.78 is 5.44. The van der Waals surface area contributed by atoms with E-state index >= 15 is 0 Å². The Labute approximate surface area is 103 Å². The molecule has 92 valence electrons. The van der Waals surface area contributed by atoms with Gasteiger partial charge >= 0.3 is 5.97 Å². The molecule has 5 heteroatoms. The second-order valence-electron chi connectivity index (χ2n) is 3.53. The number of carbonyl (C=O) groups is 1. The number of aromatic nitrogens is 1. The average molecular weight is 245 g/mol. The summed E-state index contributed by atoms with van der Waals surface area (Å²) in [6, 6.07) is 9.76. The van der Waals surface area contributed by atoms with Gasteiger partial charge in [-0.15, -0.1) is 0 Å². The molecule has 0 atom stereocenters. The second-order valence-corrected chi connectivity index (χ2v) is 3.53. The van der Waals surface area contributed by atoms with Crippen LogP contribution in [0.5, 0.6) is 11.6 Å². The maximum absolute atomic E-state index is 11.0. The Bertz CT molecular complexity index is 568. The van der Waals surface area contributed by atoms with E-state index < -0.39 is 5.97 Å². The van der Waals surface area contributed by atoms with Gasteiger partial charge in [0, 0.05) is 11.8 Å². The molecule has 0 fully saturated rings. The van der Waals surface area contributed by atoms with E-state index in [4.69, 9.17) is 14.9 Å². The lowest BCUT2D eigenvalue weighted by atomic mass is 10.2. The molecule has 2 aromatic rings. The smallest absolute Gasteiger partial charge is 0.341 e. The molecule has 0 bridgehead atoms. The second kappa shape index (κ2) is 5.29. The molecule has 2 rings (SSSR count). The number of hydrogen-bond acceptors (Lipinski definition) is 4. The van der Waals surface area contributed by atoms with Crippen molar-refractivity contribution in [2.75, 3.05) is 0 Å². The number of carboxylic acid groups (broad SMARTS) is 1. The normalized spacial score (nSPS) is 10.1. The van der Waals surface area contributed by atoms with Gasteiger partial charge in [0.05, 0.1) is 6.61 Å². The lowest BCUT2D eigenvalue weighted by Gasteiger charge is -2.10. The summed E-state index contributed by atoms with van der Waals surface area (Å²) >= 11 is 0. The van der Waals surface area contributed by atoms with Crippen molar-refractivity contribution in [3.8, 4) is 11.6 Å². The first-order valence-electron chi connectivity index (χ1n) is 5.27. The zero-order chi connectivity index (χ0) is 13.0. The number of aliphatic hydroxyl groups is 1. The minimum atomic E-state index is -1.11. The third-order valence-electron chi connectivity index (χ3n) is 2.35. The van der Waals surface area contributed by atoms with E-state index in [9.17, 15) is 4.79 Å². The molecule has 0 amide bonds. The number of carboxylic acids is 1. The van der Waals surface area contributed by atoms with Crippen molar-refractivity contribution in [3.63, 3.8) is 0 Å². The molecule has 2 N–H and O–H groups in total. The highest BCUT2D eigenvalue weighted by Gasteiger charge is 2.13. The van der Waals surface area contributed by atoms with Gasteiger partial charge in [-0.1, -0.05) is 18.2 Å². The molecule has 5 nitrogen and oxygen atoms in total. The van der Waals surface area contributed by atoms with E-state index in [1.54, 1.807) is 24.3 Å². The van der Waals surface area contributed by atoms with Gasteiger partial charge in [-0.25, -0.2) is 9.78 Å². The number of pyridine rings is 1. The molecule has 0 unspecified atom stereocenters. The average Bonchev–Trinajstić information content (AvgIpc) is 2.40. The number of benzene rings is 1. The van der Waals surface area contributed by atoms with E-state index in [1.165, 1.54) is 18.3 Å². The van der Waals surface area contributed by atoms with E-state index in [0.717, 1.165) is 0 Å². The van der Waals surface area contributed by atoms with Crippen LogP contribution in [-0.4, -0.2) is 21.2 Å². The van der Waals surface area contributed by atoms with Crippen LogP contribution >= 0.6 is 0 Å². The quantitative estimate of drug-likeness (QED) is 0.861. The zero-order valence-electron chi connectivity index (χ0n) is 9.41. The summed E-state index contributed by atoms with van der Waals surface area (Å²) in [6.45, 7) is -0.189. The number of ether oxygens (including phenoxy) is 1. The first-order valence-corrected chi connectivity index (χ1v) is 5.27. The van der Waals surface area contributed by atoms with Crippen molar-refractivity contribution >= 4 is 5.97 Å². The van der Waals surface area contributed by atoms with Gasteiger partial charge in [0.1, 0.15) is 11.3 Å². The summed E-state index contributed by atoms with van der Waals surface area (Å²) in [5, 5.41) is 18.2. The zero-order valence-corrected chi connectivity index (χ0v) is 9.41. The van der Waals surface area contributed by atoms with Gasteiger partial charge in [0.2, 0.25) is 5.88 Å². The van der Waals surface area contributed by atoms with Gasteiger partial charge < -0.3 is 14.9 Å². The Morgan fingerprint density at radius 2 is 2.00 bits per heavy atom. The Hall–Kier alpha value is -2.40. The van der Waals surface area contributed by atoms with Crippen LogP contribution in [0.1, 0.15) is 15.9 Å². The van der Waals surface area contributed by atoms with Gasteiger partial charge in [0.15, 0.2) is 0 Å². The van der Waals surface area contributed by atoms with E-state index in [-0.39, 0.29) is 18.1 Å². The Balaban J connectivity index is 2.37. The van der Waals surface area contributed by atoms with Crippen molar-refractivity contribution in [2.45, 2.75) is 6.61 Å². The van der Waals surface area contributed by atoms with Crippen LogP contribution in [0.25, 0.3) is 0 Å². The number of hydrogen-bond donors (Lipinski definition) is 2. The Kier molecular flexibility index (Phi) is 3.54. The first kappa shape index (κ1) is 12.1. The van der Waals surface area contributed by atoms with Gasteiger partial charge in [-0.2, -0.15) is 0 Å². The summed E-state index contributed by atoms with van der Waals surface area (Å²) in [5.41, 5.74) is 0.546. The van der Waals surface area contributed by atoms with E-state index in [1.807, 2.05) is 0 Å². The number of rotatable bonds is 4. The molecule has 0 aliphatic rings. The van der Waals surface area contributed by atoms with Crippen LogP contribution < -0.4 is 4.74 Å². The highest BCUT2D eigenvalue weighted by atomic mass is 16.5. The fraction of sp³-hybridized carbons (Fsp3) is 0.0769. The number of para-hydroxylation sites is 1. The maximum Gasteiger partial charge on any atom is 0.341 e. The monoisotopic (exact) mass is 245 g/mol. The molecule has 18 heavy (non-hydrogen) atoms. The van der Waals surface area contributed by atoms with Crippen LogP contribution in [-0.2, 0) is 6.61 Å². The molecule has 0 spiro atoms. The van der Waals surface area contributed by atoms with Crippen LogP contribution in [0.15, 0.2) is 42.6 Å². The largest absolute Gasteiger partial charge is 0.477 e. The predicted molar refractivity (Wildman–Crippen MR) is 63.6 cm³/mol. The van der Waals surface area contributed by atoms with Crippen molar-refractivity contribution in [1.82, 2.24) is 4.98 Å².